The van der Waals surface area contributed by atoms with Gasteiger partial charge in [0.2, 0.25) is 17.8 Å². The number of pyridine rings is 6. The van der Waals surface area contributed by atoms with E-state index in [1.54, 1.807) is 82.7 Å². The fourth-order valence-corrected chi connectivity index (χ4v) is 13.4. The van der Waals surface area contributed by atoms with E-state index in [4.69, 9.17) is 77.4 Å². The maximum absolute atomic E-state index is 9.25. The first kappa shape index (κ1) is 105. The Balaban J connectivity index is 0.000000217. The lowest BCUT2D eigenvalue weighted by atomic mass is 9.94. The van der Waals surface area contributed by atoms with Gasteiger partial charge < -0.3 is 78.9 Å². The van der Waals surface area contributed by atoms with E-state index in [0.717, 1.165) is 89.5 Å². The van der Waals surface area contributed by atoms with Crippen LogP contribution in [0.1, 0.15) is 241 Å². The molecule has 692 valence electrons. The second-order valence-electron chi connectivity index (χ2n) is 31.2. The van der Waals surface area contributed by atoms with Crippen LogP contribution in [-0.2, 0) is 17.6 Å². The average Bonchev–Trinajstić information content (AvgIpc) is 0.845. The largest absolute Gasteiger partial charge is 0.481 e. The van der Waals surface area contributed by atoms with Gasteiger partial charge in [0.15, 0.2) is 34.7 Å². The zero-order chi connectivity index (χ0) is 97.2. The number of nitrogen functional groups attached to an aromatic ring is 6. The number of aliphatic hydroxyl groups is 2. The number of terminal acetylenes is 3. The Morgan fingerprint density at radius 2 is 0.818 bits per heavy atom. The Hall–Kier alpha value is -14.2. The molecule has 0 aliphatic carbocycles. The smallest absolute Gasteiger partial charge is 0.225 e. The van der Waals surface area contributed by atoms with Crippen LogP contribution in [0.5, 0.6) is 40.4 Å². The summed E-state index contributed by atoms with van der Waals surface area (Å²) in [6.45, 7) is 44.1. The molecule has 0 radical (unpaired) electrons. The van der Waals surface area contributed by atoms with Crippen LogP contribution in [0.4, 0.5) is 46.8 Å². The highest BCUT2D eigenvalue weighted by molar-refractivity contribution is 9.10. The summed E-state index contributed by atoms with van der Waals surface area (Å²) in [4.78, 5) is 77.4. The van der Waals surface area contributed by atoms with Crippen LogP contribution in [0.15, 0.2) is 138 Å². The van der Waals surface area contributed by atoms with Crippen molar-refractivity contribution in [2.24, 2.45) is 0 Å². The van der Waals surface area contributed by atoms with Crippen LogP contribution < -0.4 is 64.0 Å². The predicted molar refractivity (Wildman–Crippen MR) is 526 cm³/mol. The maximum atomic E-state index is 9.25. The van der Waals surface area contributed by atoms with E-state index >= 15 is 0 Å². The number of halogens is 1. The van der Waals surface area contributed by atoms with Crippen molar-refractivity contribution in [3.63, 3.8) is 0 Å². The highest BCUT2D eigenvalue weighted by Gasteiger charge is 2.22. The van der Waals surface area contributed by atoms with Gasteiger partial charge in [-0.25, -0.2) is 74.8 Å². The van der Waals surface area contributed by atoms with Crippen molar-refractivity contribution < 1.29 is 33.9 Å². The number of anilines is 8. The number of aryl methyl sites for hydroxylation is 4. The van der Waals surface area contributed by atoms with Gasteiger partial charge in [0.05, 0.1) is 67.7 Å². The molecule has 0 saturated heterocycles. The third-order valence-electron chi connectivity index (χ3n) is 19.6. The van der Waals surface area contributed by atoms with E-state index in [2.05, 4.69) is 189 Å². The van der Waals surface area contributed by atoms with Crippen molar-refractivity contribution in [1.29, 1.82) is 0 Å². The summed E-state index contributed by atoms with van der Waals surface area (Å²) in [7, 11) is 1.55. The molecule has 0 amide bonds. The van der Waals surface area contributed by atoms with Crippen LogP contribution in [0.3, 0.4) is 0 Å². The SMILES string of the molecule is C#Cc1cc(Cc2cnc(C)nc2N)c(C(=C)C)cn1.C#Cc1cc(Cc2cnc(C)nc2N)c(C(C)C)cn1.C#Cc1cc(Sc2cnc(C)nc2N)c(C(=C)C)cn1.CCC(CO)Nc1ncc(Oc2cc(Br)ncc2C(C)C)c(N)n1.CCC(CO)Nc1ncc(Oc2cc(OC)ncc2C(C)C)c(N)n1.CCOC(C)c1cc(Oc2cnc(C)nc2N)c(C(C)C)cn1. The highest BCUT2D eigenvalue weighted by atomic mass is 79.9. The Kier molecular flexibility index (Phi) is 40.8. The summed E-state index contributed by atoms with van der Waals surface area (Å²) in [5.41, 5.74) is 50.1. The van der Waals surface area contributed by atoms with Gasteiger partial charge in [-0.1, -0.05) is 112 Å². The van der Waals surface area contributed by atoms with E-state index in [1.807, 2.05) is 106 Å². The van der Waals surface area contributed by atoms with Crippen molar-refractivity contribution in [2.45, 2.75) is 202 Å². The lowest BCUT2D eigenvalue weighted by molar-refractivity contribution is 0.0732. The summed E-state index contributed by atoms with van der Waals surface area (Å²) in [6, 6.07) is 10.8. The molecule has 12 aromatic rings. The number of nitrogens with two attached hydrogens (primary N) is 6. The Bertz CT molecular complexity index is 5930. The minimum atomic E-state index is -0.122. The van der Waals surface area contributed by atoms with Gasteiger partial charge in [-0.15, -0.1) is 19.3 Å². The molecule has 35 heteroatoms. The van der Waals surface area contributed by atoms with Gasteiger partial charge in [-0.3, -0.25) is 4.98 Å². The van der Waals surface area contributed by atoms with Gasteiger partial charge in [0.25, 0.3) is 0 Å². The Morgan fingerprint density at radius 1 is 0.424 bits per heavy atom. The zero-order valence-electron chi connectivity index (χ0n) is 78.3. The first-order chi connectivity index (χ1) is 62.9. The molecule has 0 aliphatic heterocycles. The first-order valence-corrected chi connectivity index (χ1v) is 44.0. The maximum Gasteiger partial charge on any atom is 0.225 e. The van der Waals surface area contributed by atoms with Crippen LogP contribution in [-0.4, -0.2) is 139 Å². The molecule has 12 aromatic heterocycles. The molecule has 0 bridgehead atoms. The number of hydrogen-bond acceptors (Lipinski definition) is 34. The molecule has 132 heavy (non-hydrogen) atoms. The molecule has 0 aromatic carbocycles. The molecule has 3 atom stereocenters. The van der Waals surface area contributed by atoms with Gasteiger partial charge in [-0.2, -0.15) is 9.97 Å². The number of aromatic nitrogens is 18. The van der Waals surface area contributed by atoms with Crippen molar-refractivity contribution in [3.05, 3.63) is 230 Å². The van der Waals surface area contributed by atoms with Crippen LogP contribution in [0.25, 0.3) is 11.1 Å². The molecule has 0 spiro atoms. The van der Waals surface area contributed by atoms with Gasteiger partial charge in [0.1, 0.15) is 79.7 Å². The van der Waals surface area contributed by atoms with E-state index in [-0.39, 0.29) is 60.8 Å². The third-order valence-corrected chi connectivity index (χ3v) is 21.1. The monoisotopic (exact) mass is 1870 g/mol. The molecule has 12 heterocycles. The molecule has 3 unspecified atom stereocenters. The molecule has 0 saturated carbocycles. The summed E-state index contributed by atoms with van der Waals surface area (Å²) >= 11 is 4.81. The molecule has 33 nitrogen and oxygen atoms in total. The number of nitrogens with one attached hydrogen (secondary N) is 2. The molecular weight excluding hydrogens is 1750 g/mol. The summed E-state index contributed by atoms with van der Waals surface area (Å²) in [5, 5.41) is 24.5. The van der Waals surface area contributed by atoms with Gasteiger partial charge in [0, 0.05) is 132 Å². The second kappa shape index (κ2) is 51.3. The lowest BCUT2D eigenvalue weighted by Gasteiger charge is -2.17. The fraction of sp³-hybridized carbons (Fsp3) is 0.340. The van der Waals surface area contributed by atoms with Crippen molar-refractivity contribution >= 4 is 85.6 Å². The summed E-state index contributed by atoms with van der Waals surface area (Å²) in [5.74, 6) is 17.8. The topological polar surface area (TPSA) is 499 Å². The number of hydrogen-bond donors (Lipinski definition) is 10. The quantitative estimate of drug-likeness (QED) is 0.0148. The molecule has 0 fully saturated rings. The second-order valence-corrected chi connectivity index (χ2v) is 33.1. The van der Waals surface area contributed by atoms with Crippen LogP contribution in [0.2, 0.25) is 0 Å². The number of allylic oxidation sites excluding steroid dienone is 2. The Morgan fingerprint density at radius 3 is 1.25 bits per heavy atom. The molecular formula is C97H119BrN26O7S. The fourth-order valence-electron chi connectivity index (χ4n) is 12.1. The number of nitrogens with zero attached hydrogens (tertiary/aromatic N) is 18. The average molecular weight is 1870 g/mol. The normalized spacial score (nSPS) is 11.3. The van der Waals surface area contributed by atoms with Crippen molar-refractivity contribution in [3.8, 4) is 77.4 Å². The minimum Gasteiger partial charge on any atom is -0.481 e. The van der Waals surface area contributed by atoms with Gasteiger partial charge in [-0.05, 0) is 159 Å². The summed E-state index contributed by atoms with van der Waals surface area (Å²) < 4.78 is 29.2. The molecule has 0 aliphatic rings. The highest BCUT2D eigenvalue weighted by Crippen LogP contribution is 2.40. The standard InChI is InChI=1S/C17H25N5O3.C17H24N4O2.C16H22BrN5O2.C16H18N4.C16H16N4.C15H14N4S/c1-5-11(9-23)21-17-20-8-14(16(18)22-17)25-13-6-15(24-4)19-7-12(13)10(2)3;1-6-22-11(4)14-7-15(13(8-20-14)10(2)3)23-16-9-19-12(5)21-17(16)18;1-4-10(8-23)21-16-20-7-13(15(18)22-16)24-12-5-14(17)19-6-11(12)9(2)3;2*1-5-14-7-12(15(9-19-14)10(2)3)6-13-8-18-11(4)20-16(13)17;1-5-11-6-13(12(7-18-11)9(2)3)20-14-8-17-10(4)19-15(14)16/h6-8,10-11,23H,5,9H2,1-4H3,(H3,18,20,21,22);7-11H,6H2,1-5H3,(H2,18,19,21);5-7,9-10,23H,4,8H2,1-3H3,(H3,18,20,21,22);1,7-10H,6H2,2-4H3,(H2,17,18,20);1,7-9H,2,6H2,3-4H3,(H2,17,18,20);1,6-8H,2H2,3-4H3,(H2,16,17,19). The number of aliphatic hydroxyl groups excluding tert-OH is 2. The number of rotatable bonds is 30. The van der Waals surface area contributed by atoms with E-state index in [1.165, 1.54) is 29.7 Å². The van der Waals surface area contributed by atoms with Crippen molar-refractivity contribution in [1.82, 2.24) is 89.7 Å². The summed E-state index contributed by atoms with van der Waals surface area (Å²) in [6.07, 6.45) is 39.4. The minimum absolute atomic E-state index is 0.000800. The molecule has 12 rings (SSSR count). The number of ether oxygens (including phenoxy) is 5. The Labute approximate surface area is 786 Å². The van der Waals surface area contributed by atoms with Crippen LogP contribution >= 0.6 is 27.7 Å². The van der Waals surface area contributed by atoms with E-state index < -0.39 is 0 Å². The lowest BCUT2D eigenvalue weighted by Crippen LogP contribution is -2.24. The van der Waals surface area contributed by atoms with Crippen LogP contribution in [0, 0.1) is 64.7 Å². The van der Waals surface area contributed by atoms with E-state index in [0.29, 0.717) is 146 Å². The zero-order valence-corrected chi connectivity index (χ0v) is 80.7. The first-order valence-electron chi connectivity index (χ1n) is 42.4. The predicted octanol–water partition coefficient (Wildman–Crippen LogP) is 17.4. The third kappa shape index (κ3) is 31.3. The van der Waals surface area contributed by atoms with Crippen molar-refractivity contribution in [2.75, 3.05) is 72.0 Å². The van der Waals surface area contributed by atoms with Gasteiger partial charge >= 0.3 is 0 Å². The van der Waals surface area contributed by atoms with E-state index in [9.17, 15) is 10.2 Å². The number of methoxy groups -OCH3 is 1. The molecule has 16 N–H and O–H groups in total.